The molecule has 1 aromatic rings. The predicted octanol–water partition coefficient (Wildman–Crippen LogP) is 0.447. The number of rotatable bonds is 0. The molecule has 0 spiro atoms. The third-order valence-electron chi connectivity index (χ3n) is 2.48. The first-order valence-electron chi connectivity index (χ1n) is 4.71. The Bertz CT molecular complexity index is 538. The summed E-state index contributed by atoms with van der Waals surface area (Å²) >= 11 is 0. The summed E-state index contributed by atoms with van der Waals surface area (Å²) in [6, 6.07) is 8.36. The molecule has 0 bridgehead atoms. The van der Waals surface area contributed by atoms with E-state index in [0.29, 0.717) is 0 Å². The van der Waals surface area contributed by atoms with Gasteiger partial charge < -0.3 is 4.90 Å². The van der Waals surface area contributed by atoms with Gasteiger partial charge in [-0.2, -0.15) is 0 Å². The number of hydrogen-bond donors (Lipinski definition) is 0. The smallest absolute Gasteiger partial charge is 0.133 e. The Balaban J connectivity index is 2.29. The molecule has 2 aliphatic rings. The van der Waals surface area contributed by atoms with E-state index in [0.717, 1.165) is 12.4 Å². The number of nitrogens with zero attached hydrogens (tertiary/aromatic N) is 2. The van der Waals surface area contributed by atoms with Crippen LogP contribution in [0.15, 0.2) is 41.5 Å². The van der Waals surface area contributed by atoms with Crippen LogP contribution < -0.4 is 10.4 Å². The molecule has 0 saturated carbocycles. The van der Waals surface area contributed by atoms with Crippen LogP contribution in [0.1, 0.15) is 0 Å². The molecule has 0 aromatic heterocycles. The van der Waals surface area contributed by atoms with E-state index in [2.05, 4.69) is 52.5 Å². The van der Waals surface area contributed by atoms with Gasteiger partial charge in [-0.05, 0) is 22.6 Å². The average molecular weight is 182 g/mol. The Morgan fingerprint density at radius 3 is 2.93 bits per heavy atom. The molecule has 2 aliphatic heterocycles. The first-order valence-corrected chi connectivity index (χ1v) is 4.71. The second-order valence-corrected chi connectivity index (χ2v) is 3.43. The van der Waals surface area contributed by atoms with Gasteiger partial charge in [0.05, 0.1) is 0 Å². The van der Waals surface area contributed by atoms with E-state index in [1.165, 1.54) is 10.4 Å². The van der Waals surface area contributed by atoms with Gasteiger partial charge in [-0.25, -0.2) is 4.99 Å². The molecule has 2 heterocycles. The van der Waals surface area contributed by atoms with Crippen LogP contribution in [0.2, 0.25) is 0 Å². The van der Waals surface area contributed by atoms with E-state index in [9.17, 15) is 0 Å². The maximum atomic E-state index is 4.33. The Morgan fingerprint density at radius 2 is 2.00 bits per heavy atom. The van der Waals surface area contributed by atoms with Crippen LogP contribution in [-0.2, 0) is 0 Å². The Morgan fingerprint density at radius 1 is 1.14 bits per heavy atom. The van der Waals surface area contributed by atoms with Gasteiger partial charge in [0, 0.05) is 18.9 Å². The minimum Gasteiger partial charge on any atom is -0.329 e. The molecule has 0 unspecified atom stereocenters. The van der Waals surface area contributed by atoms with E-state index in [4.69, 9.17) is 0 Å². The van der Waals surface area contributed by atoms with Crippen molar-refractivity contribution < 1.29 is 0 Å². The molecule has 3 rings (SSSR count). The number of amidine groups is 1. The van der Waals surface area contributed by atoms with Gasteiger partial charge >= 0.3 is 0 Å². The minimum atomic E-state index is 0.920. The maximum Gasteiger partial charge on any atom is 0.133 e. The van der Waals surface area contributed by atoms with Crippen molar-refractivity contribution in [3.8, 4) is 0 Å². The van der Waals surface area contributed by atoms with E-state index in [-0.39, 0.29) is 0 Å². The second kappa shape index (κ2) is 2.84. The summed E-state index contributed by atoms with van der Waals surface area (Å²) in [6.45, 7) is 0.920. The maximum absolute atomic E-state index is 4.33. The van der Waals surface area contributed by atoms with Crippen LogP contribution in [0.5, 0.6) is 0 Å². The summed E-state index contributed by atoms with van der Waals surface area (Å²) in [5.41, 5.74) is 0. The molecule has 0 aliphatic carbocycles. The fraction of sp³-hybridized carbons (Fsp3) is 0.0833. The van der Waals surface area contributed by atoms with Crippen molar-refractivity contribution in [1.29, 1.82) is 0 Å². The van der Waals surface area contributed by atoms with Crippen molar-refractivity contribution in [2.24, 2.45) is 4.99 Å². The van der Waals surface area contributed by atoms with Crippen LogP contribution >= 0.6 is 0 Å². The lowest BCUT2D eigenvalue weighted by atomic mass is 10.2. The van der Waals surface area contributed by atoms with Crippen LogP contribution in [0.4, 0.5) is 0 Å². The van der Waals surface area contributed by atoms with Gasteiger partial charge in [0.25, 0.3) is 0 Å². The number of aliphatic imine (C=N–C) groups is 1. The molecule has 0 amide bonds. The Kier molecular flexibility index (Phi) is 1.53. The minimum absolute atomic E-state index is 0.920. The third-order valence-corrected chi connectivity index (χ3v) is 2.48. The van der Waals surface area contributed by atoms with Crippen molar-refractivity contribution >= 4 is 18.1 Å². The van der Waals surface area contributed by atoms with Gasteiger partial charge in [0.15, 0.2) is 0 Å². The summed E-state index contributed by atoms with van der Waals surface area (Å²) in [5.74, 6) is 1.03. The fourth-order valence-corrected chi connectivity index (χ4v) is 1.76. The zero-order valence-corrected chi connectivity index (χ0v) is 7.72. The highest BCUT2D eigenvalue weighted by Crippen LogP contribution is 2.03. The topological polar surface area (TPSA) is 15.6 Å². The molecule has 68 valence electrons. The first-order chi connectivity index (χ1) is 6.93. The van der Waals surface area contributed by atoms with Crippen LogP contribution in [0.3, 0.4) is 0 Å². The normalized spacial score (nSPS) is 17.4. The van der Waals surface area contributed by atoms with E-state index >= 15 is 0 Å². The number of hydrogen-bond acceptors (Lipinski definition) is 2. The summed E-state index contributed by atoms with van der Waals surface area (Å²) in [5, 5.41) is 2.51. The van der Waals surface area contributed by atoms with Gasteiger partial charge in [0.1, 0.15) is 5.84 Å². The molecular formula is C12H10N2. The van der Waals surface area contributed by atoms with E-state index in [1.807, 2.05) is 6.20 Å². The second-order valence-electron chi connectivity index (χ2n) is 3.43. The van der Waals surface area contributed by atoms with Gasteiger partial charge in [-0.3, -0.25) is 0 Å². The molecule has 0 atom stereocenters. The highest BCUT2D eigenvalue weighted by Gasteiger charge is 2.10. The van der Waals surface area contributed by atoms with Gasteiger partial charge in [0.2, 0.25) is 0 Å². The predicted molar refractivity (Wildman–Crippen MR) is 57.9 cm³/mol. The lowest BCUT2D eigenvalue weighted by molar-refractivity contribution is 0.666. The summed E-state index contributed by atoms with van der Waals surface area (Å²) in [6.07, 6.45) is 8.20. The standard InChI is InChI=1S/C12H10N2/c1-2-5-11-9-14-7-3-6-13-12(14)8-10(11)4-1/h1-6,8-9H,7H2. The summed E-state index contributed by atoms with van der Waals surface area (Å²) < 4.78 is 0. The van der Waals surface area contributed by atoms with E-state index < -0.39 is 0 Å². The largest absolute Gasteiger partial charge is 0.329 e. The molecule has 0 radical (unpaired) electrons. The lowest BCUT2D eigenvalue weighted by Crippen LogP contribution is -2.39. The molecular weight excluding hydrogens is 172 g/mol. The lowest BCUT2D eigenvalue weighted by Gasteiger charge is -2.23. The summed E-state index contributed by atoms with van der Waals surface area (Å²) in [4.78, 5) is 6.48. The van der Waals surface area contributed by atoms with Crippen molar-refractivity contribution in [2.75, 3.05) is 6.54 Å². The summed E-state index contributed by atoms with van der Waals surface area (Å²) in [7, 11) is 0. The molecule has 0 saturated heterocycles. The zero-order chi connectivity index (χ0) is 9.38. The van der Waals surface area contributed by atoms with Crippen LogP contribution in [0.25, 0.3) is 12.3 Å². The van der Waals surface area contributed by atoms with E-state index in [1.54, 1.807) is 0 Å². The average Bonchev–Trinajstić information content (AvgIpc) is 2.26. The Hall–Kier alpha value is -1.83. The quantitative estimate of drug-likeness (QED) is 0.568. The molecule has 0 fully saturated rings. The number of benzene rings is 1. The van der Waals surface area contributed by atoms with Crippen molar-refractivity contribution in [3.05, 3.63) is 47.0 Å². The fourth-order valence-electron chi connectivity index (χ4n) is 1.76. The highest BCUT2D eigenvalue weighted by atomic mass is 15.2. The SMILES string of the molecule is C1=CN=C2C=c3ccccc3=CN2C1. The molecule has 0 N–H and O–H groups in total. The zero-order valence-electron chi connectivity index (χ0n) is 7.72. The molecule has 2 heteroatoms. The highest BCUT2D eigenvalue weighted by molar-refractivity contribution is 6.11. The monoisotopic (exact) mass is 182 g/mol. The molecule has 1 aromatic carbocycles. The third kappa shape index (κ3) is 1.08. The molecule has 14 heavy (non-hydrogen) atoms. The number of fused-ring (bicyclic) bond motifs is 2. The van der Waals surface area contributed by atoms with Gasteiger partial charge in [-0.1, -0.05) is 24.3 Å². The van der Waals surface area contributed by atoms with Crippen molar-refractivity contribution in [1.82, 2.24) is 4.90 Å². The Labute approximate surface area is 82.2 Å². The first kappa shape index (κ1) is 7.56. The van der Waals surface area contributed by atoms with Crippen molar-refractivity contribution in [2.45, 2.75) is 0 Å². The van der Waals surface area contributed by atoms with Crippen molar-refractivity contribution in [3.63, 3.8) is 0 Å². The molecule has 2 nitrogen and oxygen atoms in total. The van der Waals surface area contributed by atoms with Gasteiger partial charge in [-0.15, -0.1) is 0 Å². The van der Waals surface area contributed by atoms with Crippen LogP contribution in [-0.4, -0.2) is 17.3 Å². The van der Waals surface area contributed by atoms with Crippen LogP contribution in [0, 0.1) is 0 Å².